The minimum Gasteiger partial charge on any atom is -0.330 e. The lowest BCUT2D eigenvalue weighted by Crippen LogP contribution is -2.23. The van der Waals surface area contributed by atoms with Crippen LogP contribution in [-0.4, -0.2) is 23.1 Å². The Morgan fingerprint density at radius 2 is 1.79 bits per heavy atom. The summed E-state index contributed by atoms with van der Waals surface area (Å²) in [5, 5.41) is 0. The highest BCUT2D eigenvalue weighted by atomic mass is 15.2. The monoisotopic (exact) mass is 256 g/mol. The van der Waals surface area contributed by atoms with E-state index in [1.165, 1.54) is 5.56 Å². The standard InChI is InChI=1S/C15H20N4/c1-12-10-17-15(18-11-12)19(9-5-8-16)14-7-4-3-6-13(14)2/h3-4,6-7,10-11H,5,8-9,16H2,1-2H3. The molecule has 0 aliphatic rings. The van der Waals surface area contributed by atoms with Gasteiger partial charge in [0.25, 0.3) is 0 Å². The maximum atomic E-state index is 5.63. The summed E-state index contributed by atoms with van der Waals surface area (Å²) in [7, 11) is 0. The Morgan fingerprint density at radius 1 is 1.11 bits per heavy atom. The Kier molecular flexibility index (Phi) is 4.47. The summed E-state index contributed by atoms with van der Waals surface area (Å²) in [6, 6.07) is 8.26. The fourth-order valence-electron chi connectivity index (χ4n) is 1.97. The predicted molar refractivity (Wildman–Crippen MR) is 78.6 cm³/mol. The smallest absolute Gasteiger partial charge is 0.229 e. The van der Waals surface area contributed by atoms with E-state index in [4.69, 9.17) is 5.73 Å². The topological polar surface area (TPSA) is 55.0 Å². The van der Waals surface area contributed by atoms with E-state index in [9.17, 15) is 0 Å². The number of aryl methyl sites for hydroxylation is 2. The van der Waals surface area contributed by atoms with Gasteiger partial charge in [-0.1, -0.05) is 18.2 Å². The molecule has 100 valence electrons. The summed E-state index contributed by atoms with van der Waals surface area (Å²) in [4.78, 5) is 11.0. The fourth-order valence-corrected chi connectivity index (χ4v) is 1.97. The van der Waals surface area contributed by atoms with Crippen LogP contribution in [0.15, 0.2) is 36.7 Å². The van der Waals surface area contributed by atoms with Crippen molar-refractivity contribution in [3.63, 3.8) is 0 Å². The van der Waals surface area contributed by atoms with Crippen LogP contribution >= 0.6 is 0 Å². The van der Waals surface area contributed by atoms with E-state index in [0.29, 0.717) is 6.54 Å². The third-order valence-electron chi connectivity index (χ3n) is 3.00. The van der Waals surface area contributed by atoms with Crippen molar-refractivity contribution in [1.29, 1.82) is 0 Å². The number of benzene rings is 1. The molecule has 1 aromatic carbocycles. The molecule has 2 aromatic rings. The summed E-state index contributed by atoms with van der Waals surface area (Å²) in [5.41, 5.74) is 9.04. The van der Waals surface area contributed by atoms with E-state index in [1.807, 2.05) is 31.5 Å². The number of nitrogens with zero attached hydrogens (tertiary/aromatic N) is 3. The molecule has 0 unspecified atom stereocenters. The van der Waals surface area contributed by atoms with E-state index in [0.717, 1.165) is 30.2 Å². The molecule has 0 saturated carbocycles. The zero-order chi connectivity index (χ0) is 13.7. The molecular weight excluding hydrogens is 236 g/mol. The van der Waals surface area contributed by atoms with Crippen molar-refractivity contribution >= 4 is 11.6 Å². The lowest BCUT2D eigenvalue weighted by Gasteiger charge is -2.24. The van der Waals surface area contributed by atoms with Crippen LogP contribution in [0.2, 0.25) is 0 Å². The maximum Gasteiger partial charge on any atom is 0.229 e. The number of nitrogens with two attached hydrogens (primary N) is 1. The number of hydrogen-bond acceptors (Lipinski definition) is 4. The molecule has 1 aromatic heterocycles. The molecule has 0 aliphatic carbocycles. The number of anilines is 2. The van der Waals surface area contributed by atoms with E-state index >= 15 is 0 Å². The first-order chi connectivity index (χ1) is 9.22. The molecule has 0 bridgehead atoms. The van der Waals surface area contributed by atoms with Gasteiger partial charge in [-0.05, 0) is 44.0 Å². The average Bonchev–Trinajstić information content (AvgIpc) is 2.43. The maximum absolute atomic E-state index is 5.63. The molecule has 0 amide bonds. The third-order valence-corrected chi connectivity index (χ3v) is 3.00. The van der Waals surface area contributed by atoms with E-state index in [2.05, 4.69) is 33.9 Å². The molecule has 0 aliphatic heterocycles. The van der Waals surface area contributed by atoms with Crippen LogP contribution in [0.25, 0.3) is 0 Å². The summed E-state index contributed by atoms with van der Waals surface area (Å²) < 4.78 is 0. The van der Waals surface area contributed by atoms with Gasteiger partial charge in [-0.15, -0.1) is 0 Å². The van der Waals surface area contributed by atoms with Gasteiger partial charge in [0.1, 0.15) is 0 Å². The second-order valence-electron chi connectivity index (χ2n) is 4.64. The minimum absolute atomic E-state index is 0.661. The quantitative estimate of drug-likeness (QED) is 0.893. The Bertz CT molecular complexity index is 522. The van der Waals surface area contributed by atoms with Crippen LogP contribution < -0.4 is 10.6 Å². The lowest BCUT2D eigenvalue weighted by atomic mass is 10.2. The zero-order valence-electron chi connectivity index (χ0n) is 11.5. The van der Waals surface area contributed by atoms with Gasteiger partial charge in [-0.25, -0.2) is 9.97 Å². The number of hydrogen-bond donors (Lipinski definition) is 1. The van der Waals surface area contributed by atoms with Gasteiger partial charge >= 0.3 is 0 Å². The van der Waals surface area contributed by atoms with Crippen molar-refractivity contribution in [2.75, 3.05) is 18.0 Å². The van der Waals surface area contributed by atoms with Gasteiger partial charge in [0, 0.05) is 24.6 Å². The van der Waals surface area contributed by atoms with Gasteiger partial charge < -0.3 is 10.6 Å². The van der Waals surface area contributed by atoms with E-state index in [-0.39, 0.29) is 0 Å². The molecule has 4 heteroatoms. The normalized spacial score (nSPS) is 10.5. The first kappa shape index (κ1) is 13.5. The number of rotatable bonds is 5. The average molecular weight is 256 g/mol. The molecule has 0 saturated heterocycles. The third kappa shape index (κ3) is 3.29. The second-order valence-corrected chi connectivity index (χ2v) is 4.64. The molecule has 0 atom stereocenters. The Hall–Kier alpha value is -1.94. The summed E-state index contributed by atoms with van der Waals surface area (Å²) in [6.45, 7) is 5.57. The van der Waals surface area contributed by atoms with Gasteiger partial charge in [-0.2, -0.15) is 0 Å². The van der Waals surface area contributed by atoms with E-state index in [1.54, 1.807) is 0 Å². The van der Waals surface area contributed by atoms with Crippen molar-refractivity contribution in [2.24, 2.45) is 5.73 Å². The SMILES string of the molecule is Cc1cnc(N(CCCN)c2ccccc2C)nc1. The highest BCUT2D eigenvalue weighted by molar-refractivity contribution is 5.61. The molecule has 0 fully saturated rings. The predicted octanol–water partition coefficient (Wildman–Crippen LogP) is 2.58. The largest absolute Gasteiger partial charge is 0.330 e. The number of aromatic nitrogens is 2. The van der Waals surface area contributed by atoms with Crippen LogP contribution in [0.4, 0.5) is 11.6 Å². The van der Waals surface area contributed by atoms with E-state index < -0.39 is 0 Å². The van der Waals surface area contributed by atoms with Gasteiger partial charge in [0.2, 0.25) is 5.95 Å². The van der Waals surface area contributed by atoms with Gasteiger partial charge in [0.15, 0.2) is 0 Å². The summed E-state index contributed by atoms with van der Waals surface area (Å²) in [6.07, 6.45) is 4.59. The molecule has 0 spiro atoms. The first-order valence-electron chi connectivity index (χ1n) is 6.54. The van der Waals surface area contributed by atoms with Crippen LogP contribution in [0, 0.1) is 13.8 Å². The van der Waals surface area contributed by atoms with Crippen molar-refractivity contribution < 1.29 is 0 Å². The fraction of sp³-hybridized carbons (Fsp3) is 0.333. The highest BCUT2D eigenvalue weighted by Gasteiger charge is 2.13. The van der Waals surface area contributed by atoms with Gasteiger partial charge in [-0.3, -0.25) is 0 Å². The molecule has 4 nitrogen and oxygen atoms in total. The zero-order valence-corrected chi connectivity index (χ0v) is 11.5. The van der Waals surface area contributed by atoms with Crippen LogP contribution in [0.1, 0.15) is 17.5 Å². The van der Waals surface area contributed by atoms with Crippen LogP contribution in [0.5, 0.6) is 0 Å². The first-order valence-corrected chi connectivity index (χ1v) is 6.54. The molecular formula is C15H20N4. The Morgan fingerprint density at radius 3 is 2.42 bits per heavy atom. The summed E-state index contributed by atoms with van der Waals surface area (Å²) in [5.74, 6) is 0.730. The highest BCUT2D eigenvalue weighted by Crippen LogP contribution is 2.25. The van der Waals surface area contributed by atoms with Crippen molar-refractivity contribution in [3.8, 4) is 0 Å². The molecule has 2 rings (SSSR count). The summed E-state index contributed by atoms with van der Waals surface area (Å²) >= 11 is 0. The lowest BCUT2D eigenvalue weighted by molar-refractivity contribution is 0.796. The minimum atomic E-state index is 0.661. The molecule has 0 radical (unpaired) electrons. The molecule has 19 heavy (non-hydrogen) atoms. The van der Waals surface area contributed by atoms with Crippen molar-refractivity contribution in [3.05, 3.63) is 47.8 Å². The van der Waals surface area contributed by atoms with Crippen LogP contribution in [-0.2, 0) is 0 Å². The van der Waals surface area contributed by atoms with Crippen molar-refractivity contribution in [1.82, 2.24) is 9.97 Å². The second kappa shape index (κ2) is 6.29. The number of para-hydroxylation sites is 1. The Balaban J connectivity index is 2.35. The Labute approximate surface area is 114 Å². The molecule has 1 heterocycles. The van der Waals surface area contributed by atoms with Gasteiger partial charge in [0.05, 0.1) is 0 Å². The van der Waals surface area contributed by atoms with Crippen molar-refractivity contribution in [2.45, 2.75) is 20.3 Å². The molecule has 2 N–H and O–H groups in total. The van der Waals surface area contributed by atoms with Crippen LogP contribution in [0.3, 0.4) is 0 Å².